The molecule has 2 atom stereocenters. The van der Waals surface area contributed by atoms with Gasteiger partial charge in [0.25, 0.3) is 0 Å². The molecule has 5 heteroatoms. The summed E-state index contributed by atoms with van der Waals surface area (Å²) < 4.78 is 12.2. The van der Waals surface area contributed by atoms with Crippen molar-refractivity contribution in [1.29, 1.82) is 0 Å². The van der Waals surface area contributed by atoms with Gasteiger partial charge in [0.15, 0.2) is 0 Å². The minimum Gasteiger partial charge on any atom is -0.403 e. The van der Waals surface area contributed by atoms with Gasteiger partial charge in [0.05, 0.1) is 11.2 Å². The number of hydrogen-bond acceptors (Lipinski definition) is 3. The van der Waals surface area contributed by atoms with Crippen molar-refractivity contribution in [3.63, 3.8) is 0 Å². The van der Waals surface area contributed by atoms with Crippen LogP contribution in [0.3, 0.4) is 0 Å². The van der Waals surface area contributed by atoms with Gasteiger partial charge in [-0.3, -0.25) is 0 Å². The molecule has 0 bridgehead atoms. The van der Waals surface area contributed by atoms with Crippen molar-refractivity contribution < 1.29 is 9.31 Å². The Kier molecular flexibility index (Phi) is 2.97. The number of aromatic nitrogens is 1. The number of nitrogens with zero attached hydrogens (tertiary/aromatic N) is 1. The maximum absolute atomic E-state index is 6.09. The van der Waals surface area contributed by atoms with Crippen LogP contribution in [-0.4, -0.2) is 23.3 Å². The molecule has 3 rings (SSSR count). The maximum atomic E-state index is 6.09. The highest BCUT2D eigenvalue weighted by molar-refractivity contribution is 6.49. The number of hydrogen-bond donors (Lipinski definition) is 0. The SMILES string of the molecule is CC1(C)OB([C@H]2C[C@@H]2c2cccc(Cl)n2)OC1(C)C. The largest absolute Gasteiger partial charge is 0.461 e. The van der Waals surface area contributed by atoms with E-state index in [4.69, 9.17) is 20.9 Å². The molecule has 2 heterocycles. The van der Waals surface area contributed by atoms with Crippen LogP contribution >= 0.6 is 11.6 Å². The predicted octanol–water partition coefficient (Wildman–Crippen LogP) is 3.68. The molecule has 1 aromatic rings. The van der Waals surface area contributed by atoms with Gasteiger partial charge in [-0.2, -0.15) is 0 Å². The minimum absolute atomic E-state index is 0.129. The first-order valence-corrected chi connectivity index (χ1v) is 7.16. The molecule has 102 valence electrons. The Morgan fingerprint density at radius 1 is 1.21 bits per heavy atom. The zero-order valence-corrected chi connectivity index (χ0v) is 12.6. The summed E-state index contributed by atoms with van der Waals surface area (Å²) in [7, 11) is -0.129. The Morgan fingerprint density at radius 2 is 1.84 bits per heavy atom. The topological polar surface area (TPSA) is 31.4 Å². The van der Waals surface area contributed by atoms with Crippen LogP contribution in [0.25, 0.3) is 0 Å². The van der Waals surface area contributed by atoms with Gasteiger partial charge in [-0.25, -0.2) is 4.98 Å². The number of halogens is 1. The van der Waals surface area contributed by atoms with E-state index in [2.05, 4.69) is 32.7 Å². The third-order valence-electron chi connectivity index (χ3n) is 4.58. The lowest BCUT2D eigenvalue weighted by atomic mass is 9.80. The lowest BCUT2D eigenvalue weighted by Crippen LogP contribution is -2.41. The van der Waals surface area contributed by atoms with E-state index in [0.717, 1.165) is 12.1 Å². The van der Waals surface area contributed by atoms with Crippen LogP contribution in [-0.2, 0) is 9.31 Å². The van der Waals surface area contributed by atoms with Crippen LogP contribution in [0, 0.1) is 0 Å². The van der Waals surface area contributed by atoms with E-state index in [-0.39, 0.29) is 18.3 Å². The molecular weight excluding hydrogens is 260 g/mol. The molecular formula is C14H19BClNO2. The van der Waals surface area contributed by atoms with Crippen LogP contribution in [0.4, 0.5) is 0 Å². The Balaban J connectivity index is 1.72. The first-order valence-electron chi connectivity index (χ1n) is 6.78. The summed E-state index contributed by atoms with van der Waals surface area (Å²) in [5, 5.41) is 0.553. The van der Waals surface area contributed by atoms with Crippen molar-refractivity contribution in [2.24, 2.45) is 0 Å². The van der Waals surface area contributed by atoms with Crippen molar-refractivity contribution >= 4 is 18.7 Å². The second kappa shape index (κ2) is 4.21. The monoisotopic (exact) mass is 279 g/mol. The normalized spacial score (nSPS) is 31.5. The summed E-state index contributed by atoms with van der Waals surface area (Å²) in [6.07, 6.45) is 1.06. The average molecular weight is 280 g/mol. The van der Waals surface area contributed by atoms with Gasteiger partial charge < -0.3 is 9.31 Å². The lowest BCUT2D eigenvalue weighted by Gasteiger charge is -2.32. The molecule has 1 aliphatic heterocycles. The fourth-order valence-electron chi connectivity index (χ4n) is 2.55. The van der Waals surface area contributed by atoms with Gasteiger partial charge in [0, 0.05) is 17.4 Å². The van der Waals surface area contributed by atoms with Crippen LogP contribution < -0.4 is 0 Å². The summed E-state index contributed by atoms with van der Waals surface area (Å²) >= 11 is 5.94. The fourth-order valence-corrected chi connectivity index (χ4v) is 2.72. The molecule has 1 aromatic heterocycles. The molecule has 1 saturated heterocycles. The lowest BCUT2D eigenvalue weighted by molar-refractivity contribution is 0.00578. The summed E-state index contributed by atoms with van der Waals surface area (Å²) in [6, 6.07) is 5.78. The number of pyridine rings is 1. The Hall–Kier alpha value is -0.575. The van der Waals surface area contributed by atoms with Gasteiger partial charge in [-0.1, -0.05) is 17.7 Å². The molecule has 0 aromatic carbocycles. The van der Waals surface area contributed by atoms with E-state index < -0.39 is 0 Å². The Bertz CT molecular complexity index is 490. The van der Waals surface area contributed by atoms with E-state index in [0.29, 0.717) is 16.9 Å². The average Bonchev–Trinajstić information content (AvgIpc) is 3.03. The quantitative estimate of drug-likeness (QED) is 0.611. The molecule has 0 unspecified atom stereocenters. The van der Waals surface area contributed by atoms with Gasteiger partial charge >= 0.3 is 7.12 Å². The van der Waals surface area contributed by atoms with Crippen LogP contribution in [0.1, 0.15) is 45.7 Å². The predicted molar refractivity (Wildman–Crippen MR) is 76.4 cm³/mol. The van der Waals surface area contributed by atoms with Crippen molar-refractivity contribution in [1.82, 2.24) is 4.98 Å². The molecule has 3 nitrogen and oxygen atoms in total. The first-order chi connectivity index (χ1) is 8.80. The number of rotatable bonds is 2. The molecule has 2 fully saturated rings. The van der Waals surface area contributed by atoms with Crippen molar-refractivity contribution in [2.75, 3.05) is 0 Å². The summed E-state index contributed by atoms with van der Waals surface area (Å²) in [5.74, 6) is 0.806. The third kappa shape index (κ3) is 2.30. The van der Waals surface area contributed by atoms with Crippen molar-refractivity contribution in [3.05, 3.63) is 29.0 Å². The van der Waals surface area contributed by atoms with Crippen molar-refractivity contribution in [3.8, 4) is 0 Å². The summed E-state index contributed by atoms with van der Waals surface area (Å²) in [5.41, 5.74) is 0.534. The van der Waals surface area contributed by atoms with Gasteiger partial charge in [-0.15, -0.1) is 0 Å². The molecule has 1 aliphatic carbocycles. The highest BCUT2D eigenvalue weighted by Gasteiger charge is 2.60. The molecule has 19 heavy (non-hydrogen) atoms. The highest BCUT2D eigenvalue weighted by atomic mass is 35.5. The van der Waals surface area contributed by atoms with E-state index in [1.165, 1.54) is 0 Å². The molecule has 0 N–H and O–H groups in total. The molecule has 2 aliphatic rings. The Labute approximate surface area is 119 Å². The van der Waals surface area contributed by atoms with Gasteiger partial charge in [0.2, 0.25) is 0 Å². The Morgan fingerprint density at radius 3 is 2.42 bits per heavy atom. The van der Waals surface area contributed by atoms with Gasteiger partial charge in [0.1, 0.15) is 5.15 Å². The van der Waals surface area contributed by atoms with Crippen molar-refractivity contribution in [2.45, 2.75) is 57.1 Å². The van der Waals surface area contributed by atoms with Gasteiger partial charge in [-0.05, 0) is 46.2 Å². The molecule has 0 amide bonds. The van der Waals surface area contributed by atoms with E-state index in [1.807, 2.05) is 12.1 Å². The third-order valence-corrected chi connectivity index (χ3v) is 4.79. The smallest absolute Gasteiger partial charge is 0.403 e. The first kappa shape index (κ1) is 13.4. The second-order valence-corrected chi connectivity index (χ2v) is 6.90. The van der Waals surface area contributed by atoms with Crippen LogP contribution in [0.2, 0.25) is 11.0 Å². The maximum Gasteiger partial charge on any atom is 0.461 e. The molecule has 1 saturated carbocycles. The molecule has 0 radical (unpaired) electrons. The van der Waals surface area contributed by atoms with E-state index in [9.17, 15) is 0 Å². The fraction of sp³-hybridized carbons (Fsp3) is 0.643. The highest BCUT2D eigenvalue weighted by Crippen LogP contribution is 2.57. The minimum atomic E-state index is -0.257. The van der Waals surface area contributed by atoms with Crippen LogP contribution in [0.15, 0.2) is 18.2 Å². The van der Waals surface area contributed by atoms with E-state index >= 15 is 0 Å². The summed E-state index contributed by atoms with van der Waals surface area (Å²) in [4.78, 5) is 4.38. The van der Waals surface area contributed by atoms with Crippen LogP contribution in [0.5, 0.6) is 0 Å². The molecule has 0 spiro atoms. The zero-order chi connectivity index (χ0) is 13.8. The second-order valence-electron chi connectivity index (χ2n) is 6.52. The standard InChI is InChI=1S/C14H19BClNO2/c1-13(2)14(3,4)19-15(18-13)10-8-9(10)11-6-5-7-12(16)17-11/h5-7,9-10H,8H2,1-4H3/t9-,10-/m0/s1. The zero-order valence-electron chi connectivity index (χ0n) is 11.8. The summed E-state index contributed by atoms with van der Waals surface area (Å²) in [6.45, 7) is 8.34. The van der Waals surface area contributed by atoms with E-state index in [1.54, 1.807) is 6.07 Å².